The van der Waals surface area contributed by atoms with Gasteiger partial charge in [0.2, 0.25) is 5.91 Å². The summed E-state index contributed by atoms with van der Waals surface area (Å²) in [5, 5.41) is 0. The van der Waals surface area contributed by atoms with E-state index in [0.717, 1.165) is 37.1 Å². The number of nitrogens with zero attached hydrogens (tertiary/aromatic N) is 1. The molecule has 140 valence electrons. The van der Waals surface area contributed by atoms with Crippen molar-refractivity contribution in [3.63, 3.8) is 0 Å². The minimum absolute atomic E-state index is 0.323. The lowest BCUT2D eigenvalue weighted by Gasteiger charge is -2.44. The molecule has 4 rings (SSSR count). The highest BCUT2D eigenvalue weighted by Gasteiger charge is 2.40. The predicted octanol–water partition coefficient (Wildman–Crippen LogP) is 4.73. The van der Waals surface area contributed by atoms with Gasteiger partial charge in [-0.05, 0) is 75.0 Å². The summed E-state index contributed by atoms with van der Waals surface area (Å²) in [5.74, 6) is 3.93. The molecule has 3 nitrogen and oxygen atoms in total. The molecule has 0 aromatic carbocycles. The number of carbonyl (C=O) groups excluding carboxylic acids is 2. The van der Waals surface area contributed by atoms with Crippen LogP contribution in [0.4, 0.5) is 0 Å². The minimum atomic E-state index is 0.323. The maximum Gasteiger partial charge on any atom is 0.222 e. The summed E-state index contributed by atoms with van der Waals surface area (Å²) in [6.45, 7) is 0.957. The van der Waals surface area contributed by atoms with E-state index in [9.17, 15) is 9.59 Å². The third kappa shape index (κ3) is 3.95. The molecule has 5 atom stereocenters. The van der Waals surface area contributed by atoms with E-state index < -0.39 is 0 Å². The lowest BCUT2D eigenvalue weighted by molar-refractivity contribution is -0.137. The van der Waals surface area contributed by atoms with E-state index in [1.807, 2.05) is 0 Å². The molecule has 3 saturated carbocycles. The molecule has 1 aliphatic heterocycles. The second-order valence-corrected chi connectivity index (χ2v) is 9.37. The molecule has 3 aliphatic carbocycles. The minimum Gasteiger partial charge on any atom is -0.339 e. The van der Waals surface area contributed by atoms with Crippen molar-refractivity contribution in [3.05, 3.63) is 0 Å². The molecule has 0 N–H and O–H groups in total. The smallest absolute Gasteiger partial charge is 0.222 e. The SMILES string of the molecule is O=C(CCCC(=O)N1CCCC2CCCCC21)CC1CC2CCC1C2. The van der Waals surface area contributed by atoms with E-state index >= 15 is 0 Å². The number of ketones is 1. The van der Waals surface area contributed by atoms with E-state index in [-0.39, 0.29) is 0 Å². The van der Waals surface area contributed by atoms with Gasteiger partial charge in [0, 0.05) is 31.8 Å². The molecule has 4 aliphatic rings. The number of rotatable bonds is 6. The van der Waals surface area contributed by atoms with Gasteiger partial charge in [-0.3, -0.25) is 9.59 Å². The number of Topliss-reactive ketones (excluding diaryl/α,β-unsaturated/α-hetero) is 1. The Morgan fingerprint density at radius 2 is 1.68 bits per heavy atom. The number of fused-ring (bicyclic) bond motifs is 3. The number of hydrogen-bond donors (Lipinski definition) is 0. The standard InChI is InChI=1S/C22H35NO2/c24-20(15-19-14-16-10-11-18(19)13-16)7-3-9-22(25)23-12-4-6-17-5-1-2-8-21(17)23/h16-19,21H,1-15H2. The van der Waals surface area contributed by atoms with Crippen molar-refractivity contribution in [2.45, 2.75) is 95.9 Å². The quantitative estimate of drug-likeness (QED) is 0.697. The van der Waals surface area contributed by atoms with E-state index in [1.54, 1.807) is 0 Å². The van der Waals surface area contributed by atoms with Crippen molar-refractivity contribution in [2.24, 2.45) is 23.7 Å². The highest BCUT2D eigenvalue weighted by molar-refractivity contribution is 5.80. The van der Waals surface area contributed by atoms with Gasteiger partial charge in [-0.25, -0.2) is 0 Å². The number of piperidine rings is 1. The van der Waals surface area contributed by atoms with Gasteiger partial charge in [0.25, 0.3) is 0 Å². The largest absolute Gasteiger partial charge is 0.339 e. The second kappa shape index (κ2) is 7.80. The zero-order chi connectivity index (χ0) is 17.2. The first-order valence-electron chi connectivity index (χ1n) is 11.0. The molecule has 0 aromatic heterocycles. The first-order chi connectivity index (χ1) is 12.2. The fraction of sp³-hybridized carbons (Fsp3) is 0.909. The molecule has 2 bridgehead atoms. The third-order valence-corrected chi connectivity index (χ3v) is 7.78. The van der Waals surface area contributed by atoms with Crippen molar-refractivity contribution >= 4 is 11.7 Å². The lowest BCUT2D eigenvalue weighted by Crippen LogP contribution is -2.49. The van der Waals surface area contributed by atoms with Crippen molar-refractivity contribution in [1.29, 1.82) is 0 Å². The monoisotopic (exact) mass is 345 g/mol. The zero-order valence-corrected chi connectivity index (χ0v) is 15.8. The fourth-order valence-electron chi connectivity index (χ4n) is 6.54. The second-order valence-electron chi connectivity index (χ2n) is 9.37. The first-order valence-corrected chi connectivity index (χ1v) is 11.0. The van der Waals surface area contributed by atoms with Crippen LogP contribution in [0.3, 0.4) is 0 Å². The Bertz CT molecular complexity index is 500. The molecule has 1 amide bonds. The highest BCUT2D eigenvalue weighted by Crippen LogP contribution is 2.49. The number of carbonyl (C=O) groups is 2. The Morgan fingerprint density at radius 3 is 2.48 bits per heavy atom. The fourth-order valence-corrected chi connectivity index (χ4v) is 6.54. The van der Waals surface area contributed by atoms with Crippen LogP contribution in [0.2, 0.25) is 0 Å². The Hall–Kier alpha value is -0.860. The Labute approximate surface area is 152 Å². The van der Waals surface area contributed by atoms with Crippen LogP contribution in [0.25, 0.3) is 0 Å². The van der Waals surface area contributed by atoms with Crippen LogP contribution in [0.15, 0.2) is 0 Å². The molecular formula is C22H35NO2. The van der Waals surface area contributed by atoms with Crippen LogP contribution >= 0.6 is 0 Å². The average Bonchev–Trinajstić information content (AvgIpc) is 3.24. The first kappa shape index (κ1) is 17.5. The van der Waals surface area contributed by atoms with E-state index in [4.69, 9.17) is 0 Å². The van der Waals surface area contributed by atoms with Gasteiger partial charge in [-0.15, -0.1) is 0 Å². The van der Waals surface area contributed by atoms with Gasteiger partial charge in [-0.2, -0.15) is 0 Å². The van der Waals surface area contributed by atoms with Crippen molar-refractivity contribution in [2.75, 3.05) is 6.54 Å². The summed E-state index contributed by atoms with van der Waals surface area (Å²) < 4.78 is 0. The van der Waals surface area contributed by atoms with Gasteiger partial charge in [0.1, 0.15) is 5.78 Å². The van der Waals surface area contributed by atoms with E-state index in [1.165, 1.54) is 64.2 Å². The lowest BCUT2D eigenvalue weighted by atomic mass is 9.78. The van der Waals surface area contributed by atoms with Gasteiger partial charge >= 0.3 is 0 Å². The predicted molar refractivity (Wildman–Crippen MR) is 99.1 cm³/mol. The van der Waals surface area contributed by atoms with Gasteiger partial charge in [0.05, 0.1) is 0 Å². The Kier molecular flexibility index (Phi) is 5.47. The van der Waals surface area contributed by atoms with Crippen LogP contribution in [-0.4, -0.2) is 29.2 Å². The van der Waals surface area contributed by atoms with E-state index in [2.05, 4.69) is 4.90 Å². The van der Waals surface area contributed by atoms with E-state index in [0.29, 0.717) is 36.5 Å². The normalized spacial score (nSPS) is 37.1. The third-order valence-electron chi connectivity index (χ3n) is 7.78. The summed E-state index contributed by atoms with van der Waals surface area (Å²) in [5.41, 5.74) is 0. The summed E-state index contributed by atoms with van der Waals surface area (Å²) in [6.07, 6.45) is 15.9. The molecule has 0 radical (unpaired) electrons. The number of likely N-dealkylation sites (tertiary alicyclic amines) is 1. The molecular weight excluding hydrogens is 310 g/mol. The Balaban J connectivity index is 1.19. The summed E-state index contributed by atoms with van der Waals surface area (Å²) in [6, 6.07) is 0.514. The van der Waals surface area contributed by atoms with Crippen molar-refractivity contribution in [1.82, 2.24) is 4.90 Å². The number of amides is 1. The highest BCUT2D eigenvalue weighted by atomic mass is 16.2. The van der Waals surface area contributed by atoms with Gasteiger partial charge in [-0.1, -0.05) is 19.3 Å². The molecule has 1 heterocycles. The maximum absolute atomic E-state index is 12.7. The van der Waals surface area contributed by atoms with Gasteiger partial charge < -0.3 is 4.90 Å². The van der Waals surface area contributed by atoms with Gasteiger partial charge in [0.15, 0.2) is 0 Å². The van der Waals surface area contributed by atoms with Crippen LogP contribution < -0.4 is 0 Å². The molecule has 3 heteroatoms. The summed E-state index contributed by atoms with van der Waals surface area (Å²) in [4.78, 5) is 27.2. The average molecular weight is 346 g/mol. The Morgan fingerprint density at radius 1 is 0.840 bits per heavy atom. The van der Waals surface area contributed by atoms with Crippen LogP contribution in [0, 0.1) is 23.7 Å². The maximum atomic E-state index is 12.7. The number of hydrogen-bond acceptors (Lipinski definition) is 2. The molecule has 4 fully saturated rings. The topological polar surface area (TPSA) is 37.4 Å². The molecule has 0 spiro atoms. The summed E-state index contributed by atoms with van der Waals surface area (Å²) in [7, 11) is 0. The van der Waals surface area contributed by atoms with Crippen LogP contribution in [0.1, 0.15) is 89.9 Å². The summed E-state index contributed by atoms with van der Waals surface area (Å²) >= 11 is 0. The van der Waals surface area contributed by atoms with Crippen LogP contribution in [0.5, 0.6) is 0 Å². The molecule has 5 unspecified atom stereocenters. The zero-order valence-electron chi connectivity index (χ0n) is 15.8. The van der Waals surface area contributed by atoms with Crippen molar-refractivity contribution in [3.8, 4) is 0 Å². The van der Waals surface area contributed by atoms with Crippen molar-refractivity contribution < 1.29 is 9.59 Å². The molecule has 25 heavy (non-hydrogen) atoms. The molecule has 1 saturated heterocycles. The molecule has 0 aromatic rings. The van der Waals surface area contributed by atoms with Crippen LogP contribution in [-0.2, 0) is 9.59 Å².